The minimum atomic E-state index is -2.78. The Morgan fingerprint density at radius 2 is 2.19 bits per heavy atom. The molecule has 3 heterocycles. The lowest BCUT2D eigenvalue weighted by molar-refractivity contribution is -0.135. The highest BCUT2D eigenvalue weighted by Crippen LogP contribution is 2.36. The Kier molecular flexibility index (Phi) is 3.89. The van der Waals surface area contributed by atoms with Gasteiger partial charge in [-0.05, 0) is 0 Å². The second-order valence-electron chi connectivity index (χ2n) is 6.02. The molecule has 5 unspecified atom stereocenters. The predicted octanol–water partition coefficient (Wildman–Crippen LogP) is -0.511. The molecular weight excluding hydrogens is 286 g/mol. The Balaban J connectivity index is 1.51. The summed E-state index contributed by atoms with van der Waals surface area (Å²) in [5.74, 6) is -3.11. The fraction of sp³-hybridized carbons (Fsp3) is 0.923. The van der Waals surface area contributed by atoms with Crippen LogP contribution in [-0.4, -0.2) is 72.0 Å². The highest BCUT2D eigenvalue weighted by atomic mass is 19.3. The standard InChI is InChI=1S/C13H20F2N2O4/c14-13(15)1-2-17(6-13)10(18)4-7-3-8-12(20-7)11(19)9(5-16)21-8/h7-9,11-12,19H,1-6,16H2. The van der Waals surface area contributed by atoms with Crippen LogP contribution in [0.25, 0.3) is 0 Å². The van der Waals surface area contributed by atoms with Crippen molar-refractivity contribution in [2.45, 2.75) is 55.7 Å². The number of halogens is 2. The van der Waals surface area contributed by atoms with Crippen molar-refractivity contribution >= 4 is 5.91 Å². The number of ether oxygens (including phenoxy) is 2. The van der Waals surface area contributed by atoms with E-state index in [2.05, 4.69) is 0 Å². The molecule has 5 atom stereocenters. The number of carbonyl (C=O) groups excluding carboxylic acids is 1. The number of aliphatic hydroxyl groups excluding tert-OH is 1. The highest BCUT2D eigenvalue weighted by molar-refractivity contribution is 5.77. The lowest BCUT2D eigenvalue weighted by Gasteiger charge is -2.21. The van der Waals surface area contributed by atoms with Crippen LogP contribution in [0.3, 0.4) is 0 Å². The summed E-state index contributed by atoms with van der Waals surface area (Å²) in [6.07, 6.45) is -2.13. The molecule has 0 aromatic rings. The number of fused-ring (bicyclic) bond motifs is 1. The van der Waals surface area contributed by atoms with E-state index in [1.165, 1.54) is 4.90 Å². The van der Waals surface area contributed by atoms with Gasteiger partial charge in [0.2, 0.25) is 5.91 Å². The molecule has 3 aliphatic heterocycles. The first kappa shape index (κ1) is 15.1. The van der Waals surface area contributed by atoms with E-state index in [0.29, 0.717) is 6.42 Å². The maximum Gasteiger partial charge on any atom is 0.267 e. The van der Waals surface area contributed by atoms with Crippen LogP contribution in [-0.2, 0) is 14.3 Å². The molecule has 0 aromatic heterocycles. The summed E-state index contributed by atoms with van der Waals surface area (Å²) in [6.45, 7) is -0.219. The summed E-state index contributed by atoms with van der Waals surface area (Å²) in [4.78, 5) is 13.2. The quantitative estimate of drug-likeness (QED) is 0.733. The third kappa shape index (κ3) is 2.90. The van der Waals surface area contributed by atoms with Gasteiger partial charge in [-0.25, -0.2) is 8.78 Å². The minimum absolute atomic E-state index is 0.0481. The van der Waals surface area contributed by atoms with E-state index >= 15 is 0 Å². The molecule has 3 saturated heterocycles. The summed E-state index contributed by atoms with van der Waals surface area (Å²) in [5, 5.41) is 9.97. The maximum absolute atomic E-state index is 13.1. The third-order valence-corrected chi connectivity index (χ3v) is 4.44. The Morgan fingerprint density at radius 3 is 2.76 bits per heavy atom. The van der Waals surface area contributed by atoms with Crippen molar-refractivity contribution in [2.75, 3.05) is 19.6 Å². The minimum Gasteiger partial charge on any atom is -0.388 e. The molecule has 0 spiro atoms. The normalized spacial score (nSPS) is 41.5. The van der Waals surface area contributed by atoms with Gasteiger partial charge in [0, 0.05) is 25.9 Å². The average Bonchev–Trinajstić information content (AvgIpc) is 3.05. The molecule has 3 rings (SSSR count). The number of nitrogens with zero attached hydrogens (tertiary/aromatic N) is 1. The first-order valence-electron chi connectivity index (χ1n) is 7.24. The first-order chi connectivity index (χ1) is 9.89. The molecule has 0 radical (unpaired) electrons. The summed E-state index contributed by atoms with van der Waals surface area (Å²) >= 11 is 0. The zero-order valence-corrected chi connectivity index (χ0v) is 11.6. The van der Waals surface area contributed by atoms with E-state index in [0.717, 1.165) is 0 Å². The lowest BCUT2D eigenvalue weighted by Crippen LogP contribution is -2.37. The Hall–Kier alpha value is -0.830. The average molecular weight is 306 g/mol. The van der Waals surface area contributed by atoms with Crippen molar-refractivity contribution in [1.29, 1.82) is 0 Å². The largest absolute Gasteiger partial charge is 0.388 e. The Bertz CT molecular complexity index is 423. The van der Waals surface area contributed by atoms with Crippen molar-refractivity contribution < 1.29 is 28.2 Å². The van der Waals surface area contributed by atoms with E-state index in [1.54, 1.807) is 0 Å². The van der Waals surface area contributed by atoms with Gasteiger partial charge in [-0.3, -0.25) is 4.79 Å². The van der Waals surface area contributed by atoms with Crippen LogP contribution in [0.5, 0.6) is 0 Å². The molecule has 3 fully saturated rings. The molecule has 6 nitrogen and oxygen atoms in total. The number of alkyl halides is 2. The Labute approximate surface area is 121 Å². The highest BCUT2D eigenvalue weighted by Gasteiger charge is 2.50. The number of amides is 1. The van der Waals surface area contributed by atoms with Gasteiger partial charge in [0.25, 0.3) is 5.92 Å². The van der Waals surface area contributed by atoms with Gasteiger partial charge >= 0.3 is 0 Å². The fourth-order valence-electron chi connectivity index (χ4n) is 3.31. The molecule has 0 bridgehead atoms. The number of hydrogen-bond acceptors (Lipinski definition) is 5. The van der Waals surface area contributed by atoms with Gasteiger partial charge in [-0.15, -0.1) is 0 Å². The number of hydrogen-bond donors (Lipinski definition) is 2. The summed E-state index contributed by atoms with van der Waals surface area (Å²) in [7, 11) is 0. The van der Waals surface area contributed by atoms with Gasteiger partial charge in [-0.1, -0.05) is 0 Å². The Morgan fingerprint density at radius 1 is 1.43 bits per heavy atom. The topological polar surface area (TPSA) is 85.0 Å². The third-order valence-electron chi connectivity index (χ3n) is 4.44. The lowest BCUT2D eigenvalue weighted by atomic mass is 10.1. The van der Waals surface area contributed by atoms with E-state index in [4.69, 9.17) is 15.2 Å². The van der Waals surface area contributed by atoms with Gasteiger partial charge < -0.3 is 25.2 Å². The second-order valence-corrected chi connectivity index (χ2v) is 6.02. The molecule has 1 amide bonds. The molecule has 120 valence electrons. The van der Waals surface area contributed by atoms with Crippen LogP contribution in [0.4, 0.5) is 8.78 Å². The molecule has 8 heteroatoms. The van der Waals surface area contributed by atoms with E-state index < -0.39 is 36.9 Å². The monoisotopic (exact) mass is 306 g/mol. The maximum atomic E-state index is 13.1. The van der Waals surface area contributed by atoms with Crippen molar-refractivity contribution in [3.8, 4) is 0 Å². The number of aliphatic hydroxyl groups is 1. The van der Waals surface area contributed by atoms with Gasteiger partial charge in [0.15, 0.2) is 0 Å². The van der Waals surface area contributed by atoms with Crippen molar-refractivity contribution in [3.05, 3.63) is 0 Å². The SMILES string of the molecule is NCC1OC2CC(CC(=O)N3CCC(F)(F)C3)OC2C1O. The van der Waals surface area contributed by atoms with Crippen molar-refractivity contribution in [2.24, 2.45) is 5.73 Å². The van der Waals surface area contributed by atoms with Crippen LogP contribution < -0.4 is 5.73 Å². The first-order valence-corrected chi connectivity index (χ1v) is 7.24. The molecule has 3 aliphatic rings. The zero-order chi connectivity index (χ0) is 15.2. The number of rotatable bonds is 3. The van der Waals surface area contributed by atoms with E-state index in [1.807, 2.05) is 0 Å². The predicted molar refractivity (Wildman–Crippen MR) is 67.8 cm³/mol. The summed E-state index contributed by atoms with van der Waals surface area (Å²) in [5.41, 5.74) is 5.48. The molecule has 0 saturated carbocycles. The van der Waals surface area contributed by atoms with Gasteiger partial charge in [0.1, 0.15) is 12.2 Å². The van der Waals surface area contributed by atoms with Crippen LogP contribution >= 0.6 is 0 Å². The second kappa shape index (κ2) is 5.42. The van der Waals surface area contributed by atoms with Crippen LogP contribution in [0.2, 0.25) is 0 Å². The van der Waals surface area contributed by atoms with Crippen LogP contribution in [0, 0.1) is 0 Å². The molecule has 0 aromatic carbocycles. The number of likely N-dealkylation sites (tertiary alicyclic amines) is 1. The van der Waals surface area contributed by atoms with Crippen molar-refractivity contribution in [1.82, 2.24) is 4.90 Å². The smallest absolute Gasteiger partial charge is 0.267 e. The molecule has 0 aliphatic carbocycles. The van der Waals surface area contributed by atoms with E-state index in [9.17, 15) is 18.7 Å². The molecule has 3 N–H and O–H groups in total. The van der Waals surface area contributed by atoms with Gasteiger partial charge in [-0.2, -0.15) is 0 Å². The summed E-state index contributed by atoms with van der Waals surface area (Å²) < 4.78 is 37.4. The molecular formula is C13H20F2N2O4. The number of carbonyl (C=O) groups is 1. The van der Waals surface area contributed by atoms with E-state index in [-0.39, 0.29) is 37.9 Å². The zero-order valence-electron chi connectivity index (χ0n) is 11.6. The van der Waals surface area contributed by atoms with Gasteiger partial charge in [0.05, 0.1) is 31.3 Å². The van der Waals surface area contributed by atoms with Crippen LogP contribution in [0.1, 0.15) is 19.3 Å². The fourth-order valence-corrected chi connectivity index (χ4v) is 3.31. The summed E-state index contributed by atoms with van der Waals surface area (Å²) in [6, 6.07) is 0. The van der Waals surface area contributed by atoms with Crippen molar-refractivity contribution in [3.63, 3.8) is 0 Å². The van der Waals surface area contributed by atoms with Crippen LogP contribution in [0.15, 0.2) is 0 Å². The molecule has 21 heavy (non-hydrogen) atoms. The number of nitrogens with two attached hydrogens (primary N) is 1.